The SMILES string of the molecule is C=N/C(=N\C(=N/CCl)c1ccccc1)c1ccc(-c2ccccc2)cc1. The van der Waals surface area contributed by atoms with E-state index in [1.54, 1.807) is 0 Å². The molecule has 0 fully saturated rings. The minimum atomic E-state index is 0.130. The van der Waals surface area contributed by atoms with Crippen molar-refractivity contribution in [1.82, 2.24) is 0 Å². The summed E-state index contributed by atoms with van der Waals surface area (Å²) >= 11 is 5.80. The number of hydrogen-bond donors (Lipinski definition) is 0. The van der Waals surface area contributed by atoms with Crippen LogP contribution in [0.4, 0.5) is 0 Å². The van der Waals surface area contributed by atoms with Gasteiger partial charge in [0.15, 0.2) is 11.7 Å². The molecule has 0 radical (unpaired) electrons. The van der Waals surface area contributed by atoms with Crippen LogP contribution in [0.1, 0.15) is 11.1 Å². The van der Waals surface area contributed by atoms with Gasteiger partial charge in [0, 0.05) is 11.1 Å². The van der Waals surface area contributed by atoms with E-state index in [2.05, 4.69) is 33.8 Å². The van der Waals surface area contributed by atoms with Crippen molar-refractivity contribution in [2.45, 2.75) is 0 Å². The second-order valence-corrected chi connectivity index (χ2v) is 5.74. The second kappa shape index (κ2) is 8.88. The summed E-state index contributed by atoms with van der Waals surface area (Å²) in [6.45, 7) is 3.66. The Balaban J connectivity index is 1.93. The number of benzene rings is 3. The van der Waals surface area contributed by atoms with Crippen molar-refractivity contribution in [1.29, 1.82) is 0 Å². The summed E-state index contributed by atoms with van der Waals surface area (Å²) in [5.41, 5.74) is 4.06. The lowest BCUT2D eigenvalue weighted by Gasteiger charge is -2.06. The van der Waals surface area contributed by atoms with Crippen molar-refractivity contribution in [3.8, 4) is 11.1 Å². The Morgan fingerprint density at radius 2 is 1.23 bits per heavy atom. The predicted octanol–water partition coefficient (Wildman–Crippen LogP) is 5.44. The smallest absolute Gasteiger partial charge is 0.161 e. The third kappa shape index (κ3) is 4.32. The predicted molar refractivity (Wildman–Crippen MR) is 112 cm³/mol. The highest BCUT2D eigenvalue weighted by atomic mass is 35.5. The number of alkyl halides is 1. The van der Waals surface area contributed by atoms with E-state index < -0.39 is 0 Å². The molecule has 4 heteroatoms. The summed E-state index contributed by atoms with van der Waals surface area (Å²) in [4.78, 5) is 12.9. The number of rotatable bonds is 4. The lowest BCUT2D eigenvalue weighted by molar-refractivity contribution is 1.32. The molecule has 0 spiro atoms. The van der Waals surface area contributed by atoms with Crippen LogP contribution in [-0.2, 0) is 0 Å². The molecule has 3 nitrogen and oxygen atoms in total. The van der Waals surface area contributed by atoms with Gasteiger partial charge in [-0.05, 0) is 17.8 Å². The number of amidine groups is 2. The minimum absolute atomic E-state index is 0.130. The quantitative estimate of drug-likeness (QED) is 0.257. The third-order valence-corrected chi connectivity index (χ3v) is 3.97. The highest BCUT2D eigenvalue weighted by molar-refractivity contribution is 6.19. The molecule has 0 amide bonds. The summed E-state index contributed by atoms with van der Waals surface area (Å²) in [5.74, 6) is 1.05. The molecule has 128 valence electrons. The first-order valence-electron chi connectivity index (χ1n) is 8.19. The van der Waals surface area contributed by atoms with Gasteiger partial charge in [0.05, 0.1) is 0 Å². The lowest BCUT2D eigenvalue weighted by atomic mass is 10.0. The first-order chi connectivity index (χ1) is 12.8. The number of hydrogen-bond acceptors (Lipinski definition) is 1. The first-order valence-corrected chi connectivity index (χ1v) is 8.72. The van der Waals surface area contributed by atoms with Crippen molar-refractivity contribution in [3.63, 3.8) is 0 Å². The molecule has 0 saturated carbocycles. The molecule has 0 unspecified atom stereocenters. The van der Waals surface area contributed by atoms with Gasteiger partial charge in [-0.2, -0.15) is 0 Å². The van der Waals surface area contributed by atoms with Crippen LogP contribution >= 0.6 is 11.6 Å². The molecule has 0 aliphatic carbocycles. The fraction of sp³-hybridized carbons (Fsp3) is 0.0455. The molecule has 0 aliphatic rings. The molecule has 0 saturated heterocycles. The highest BCUT2D eigenvalue weighted by Crippen LogP contribution is 2.20. The maximum absolute atomic E-state index is 5.80. The Kier molecular flexibility index (Phi) is 6.07. The topological polar surface area (TPSA) is 37.1 Å². The summed E-state index contributed by atoms with van der Waals surface area (Å²) in [6, 6.07) is 28.1. The van der Waals surface area contributed by atoms with E-state index in [0.717, 1.165) is 22.3 Å². The normalized spacial score (nSPS) is 12.0. The molecule has 26 heavy (non-hydrogen) atoms. The molecule has 0 heterocycles. The Hall–Kier alpha value is -3.04. The van der Waals surface area contributed by atoms with E-state index in [9.17, 15) is 0 Å². The summed E-state index contributed by atoms with van der Waals surface area (Å²) < 4.78 is 0. The van der Waals surface area contributed by atoms with Gasteiger partial charge in [-0.15, -0.1) is 11.6 Å². The number of nitrogens with zero attached hydrogens (tertiary/aromatic N) is 3. The van der Waals surface area contributed by atoms with Crippen LogP contribution in [0.15, 0.2) is 99.9 Å². The van der Waals surface area contributed by atoms with Crippen molar-refractivity contribution >= 4 is 30.0 Å². The second-order valence-electron chi connectivity index (χ2n) is 5.50. The van der Waals surface area contributed by atoms with Gasteiger partial charge in [0.1, 0.15) is 6.00 Å². The molecule has 0 bridgehead atoms. The molecule has 3 aromatic rings. The van der Waals surface area contributed by atoms with Gasteiger partial charge in [0.2, 0.25) is 0 Å². The van der Waals surface area contributed by atoms with Gasteiger partial charge in [-0.1, -0.05) is 84.9 Å². The fourth-order valence-corrected chi connectivity index (χ4v) is 2.68. The number of halogens is 1. The van der Waals surface area contributed by atoms with Crippen LogP contribution in [0, 0.1) is 0 Å². The highest BCUT2D eigenvalue weighted by Gasteiger charge is 2.07. The van der Waals surface area contributed by atoms with Crippen LogP contribution in [0.2, 0.25) is 0 Å². The Morgan fingerprint density at radius 3 is 1.81 bits per heavy atom. The van der Waals surface area contributed by atoms with Crippen LogP contribution < -0.4 is 0 Å². The Morgan fingerprint density at radius 1 is 0.692 bits per heavy atom. The van der Waals surface area contributed by atoms with Gasteiger partial charge in [-0.25, -0.2) is 15.0 Å². The van der Waals surface area contributed by atoms with Crippen LogP contribution in [0.5, 0.6) is 0 Å². The maximum atomic E-state index is 5.80. The largest absolute Gasteiger partial charge is 0.250 e. The zero-order valence-electron chi connectivity index (χ0n) is 14.2. The van der Waals surface area contributed by atoms with Crippen LogP contribution in [0.3, 0.4) is 0 Å². The fourth-order valence-electron chi connectivity index (χ4n) is 2.57. The first kappa shape index (κ1) is 17.8. The maximum Gasteiger partial charge on any atom is 0.161 e. The molecule has 0 N–H and O–H groups in total. The molecular weight excluding hydrogens is 342 g/mol. The van der Waals surface area contributed by atoms with Crippen LogP contribution in [0.25, 0.3) is 11.1 Å². The minimum Gasteiger partial charge on any atom is -0.250 e. The third-order valence-electron chi connectivity index (χ3n) is 3.85. The van der Waals surface area contributed by atoms with Crippen molar-refractivity contribution in [2.24, 2.45) is 15.0 Å². The molecule has 3 aromatic carbocycles. The van der Waals surface area contributed by atoms with Crippen molar-refractivity contribution < 1.29 is 0 Å². The van der Waals surface area contributed by atoms with E-state index in [-0.39, 0.29) is 6.00 Å². The molecular formula is C22H18ClN3. The Bertz CT molecular complexity index is 915. The monoisotopic (exact) mass is 359 g/mol. The average Bonchev–Trinajstić information content (AvgIpc) is 2.72. The lowest BCUT2D eigenvalue weighted by Crippen LogP contribution is -2.05. The zero-order valence-corrected chi connectivity index (χ0v) is 15.0. The van der Waals surface area contributed by atoms with E-state index in [0.29, 0.717) is 11.7 Å². The van der Waals surface area contributed by atoms with Crippen LogP contribution in [-0.4, -0.2) is 24.4 Å². The Labute approximate surface area is 158 Å². The van der Waals surface area contributed by atoms with Crippen molar-refractivity contribution in [2.75, 3.05) is 6.00 Å². The molecule has 0 aliphatic heterocycles. The average molecular weight is 360 g/mol. The molecule has 3 rings (SSSR count). The zero-order chi connectivity index (χ0) is 18.2. The van der Waals surface area contributed by atoms with E-state index in [4.69, 9.17) is 11.6 Å². The van der Waals surface area contributed by atoms with Gasteiger partial charge in [0.25, 0.3) is 0 Å². The molecule has 0 aromatic heterocycles. The van der Waals surface area contributed by atoms with Gasteiger partial charge >= 0.3 is 0 Å². The van der Waals surface area contributed by atoms with Crippen molar-refractivity contribution in [3.05, 3.63) is 96.1 Å². The molecule has 0 atom stereocenters. The van der Waals surface area contributed by atoms with Gasteiger partial charge in [-0.3, -0.25) is 0 Å². The van der Waals surface area contributed by atoms with E-state index in [1.807, 2.05) is 72.8 Å². The number of aliphatic imine (C=N–C) groups is 3. The summed E-state index contributed by atoms with van der Waals surface area (Å²) in [6.07, 6.45) is 0. The summed E-state index contributed by atoms with van der Waals surface area (Å²) in [7, 11) is 0. The van der Waals surface area contributed by atoms with Gasteiger partial charge < -0.3 is 0 Å². The summed E-state index contributed by atoms with van der Waals surface area (Å²) in [5, 5.41) is 0. The standard InChI is InChI=1S/C22H18ClN3/c1-24-21(26-22(25-16-23)19-10-6-3-7-11-19)20-14-12-18(13-15-20)17-8-4-2-5-9-17/h2-15H,1,16H2/b25-22-,26-21-. The van der Waals surface area contributed by atoms with E-state index >= 15 is 0 Å². The van der Waals surface area contributed by atoms with E-state index in [1.165, 1.54) is 0 Å².